The molecule has 0 aliphatic heterocycles. The van der Waals surface area contributed by atoms with Crippen LogP contribution >= 0.6 is 15.9 Å². The predicted octanol–water partition coefficient (Wildman–Crippen LogP) is 4.77. The molecule has 23 heavy (non-hydrogen) atoms. The van der Waals surface area contributed by atoms with Gasteiger partial charge < -0.3 is 4.74 Å². The maximum Gasteiger partial charge on any atom is 0.265 e. The molecule has 4 nitrogen and oxygen atoms in total. The normalized spacial score (nSPS) is 11.5. The molecule has 0 atom stereocenters. The Hall–Kier alpha value is -1.53. The standard InChI is InChI=1S/C17H20BrNO3S/c1-4-22-16-10-7-14(18)11-17(16)23(20,21)19-15-8-5-13(6-9-15)12(2)3/h5-12,19H,4H2,1-3H3. The highest BCUT2D eigenvalue weighted by Gasteiger charge is 2.20. The Morgan fingerprint density at radius 1 is 1.13 bits per heavy atom. The maximum absolute atomic E-state index is 12.7. The number of sulfonamides is 1. The van der Waals surface area contributed by atoms with Gasteiger partial charge in [0.05, 0.1) is 6.61 Å². The molecule has 0 spiro atoms. The molecule has 0 aliphatic rings. The van der Waals surface area contributed by atoms with Crippen molar-refractivity contribution in [2.24, 2.45) is 0 Å². The average Bonchev–Trinajstić information content (AvgIpc) is 2.49. The van der Waals surface area contributed by atoms with Crippen LogP contribution in [0.25, 0.3) is 0 Å². The van der Waals surface area contributed by atoms with Crippen LogP contribution in [-0.2, 0) is 10.0 Å². The van der Waals surface area contributed by atoms with Crippen LogP contribution in [0.4, 0.5) is 5.69 Å². The molecule has 0 fully saturated rings. The summed E-state index contributed by atoms with van der Waals surface area (Å²) in [6, 6.07) is 12.3. The van der Waals surface area contributed by atoms with Gasteiger partial charge in [-0.3, -0.25) is 4.72 Å². The Labute approximate surface area is 146 Å². The van der Waals surface area contributed by atoms with Crippen molar-refractivity contribution < 1.29 is 13.2 Å². The lowest BCUT2D eigenvalue weighted by Gasteiger charge is -2.13. The summed E-state index contributed by atoms with van der Waals surface area (Å²) in [5.41, 5.74) is 1.68. The van der Waals surface area contributed by atoms with Gasteiger partial charge in [-0.2, -0.15) is 0 Å². The summed E-state index contributed by atoms with van der Waals surface area (Å²) in [6.07, 6.45) is 0. The van der Waals surface area contributed by atoms with Crippen LogP contribution in [0.1, 0.15) is 32.3 Å². The Balaban J connectivity index is 2.33. The van der Waals surface area contributed by atoms with Crippen molar-refractivity contribution in [1.29, 1.82) is 0 Å². The van der Waals surface area contributed by atoms with E-state index < -0.39 is 10.0 Å². The Kier molecular flexibility index (Phi) is 5.70. The molecule has 124 valence electrons. The second kappa shape index (κ2) is 7.36. The molecule has 0 bridgehead atoms. The maximum atomic E-state index is 12.7. The minimum absolute atomic E-state index is 0.113. The molecule has 0 heterocycles. The van der Waals surface area contributed by atoms with Gasteiger partial charge in [0, 0.05) is 10.2 Å². The number of hydrogen-bond donors (Lipinski definition) is 1. The highest BCUT2D eigenvalue weighted by atomic mass is 79.9. The van der Waals surface area contributed by atoms with Crippen molar-refractivity contribution in [2.75, 3.05) is 11.3 Å². The van der Waals surface area contributed by atoms with E-state index in [2.05, 4.69) is 34.5 Å². The highest BCUT2D eigenvalue weighted by molar-refractivity contribution is 9.10. The summed E-state index contributed by atoms with van der Waals surface area (Å²) in [5, 5.41) is 0. The van der Waals surface area contributed by atoms with Crippen LogP contribution in [0, 0.1) is 0 Å². The van der Waals surface area contributed by atoms with Crippen molar-refractivity contribution in [3.63, 3.8) is 0 Å². The summed E-state index contributed by atoms with van der Waals surface area (Å²) in [7, 11) is -3.73. The van der Waals surface area contributed by atoms with Crippen molar-refractivity contribution in [2.45, 2.75) is 31.6 Å². The van der Waals surface area contributed by atoms with E-state index in [9.17, 15) is 8.42 Å². The SMILES string of the molecule is CCOc1ccc(Br)cc1S(=O)(=O)Nc1ccc(C(C)C)cc1. The predicted molar refractivity (Wildman–Crippen MR) is 96.7 cm³/mol. The monoisotopic (exact) mass is 397 g/mol. The van der Waals surface area contributed by atoms with Gasteiger partial charge in [-0.1, -0.05) is 41.9 Å². The molecule has 2 aromatic carbocycles. The topological polar surface area (TPSA) is 55.4 Å². The van der Waals surface area contributed by atoms with Gasteiger partial charge in [0.25, 0.3) is 10.0 Å². The van der Waals surface area contributed by atoms with Crippen LogP contribution in [0.2, 0.25) is 0 Å². The Morgan fingerprint density at radius 2 is 1.78 bits per heavy atom. The third-order valence-electron chi connectivity index (χ3n) is 3.32. The van der Waals surface area contributed by atoms with E-state index >= 15 is 0 Å². The van der Waals surface area contributed by atoms with E-state index in [0.717, 1.165) is 5.56 Å². The summed E-state index contributed by atoms with van der Waals surface area (Å²) < 4.78 is 34.0. The second-order valence-electron chi connectivity index (χ2n) is 5.41. The van der Waals surface area contributed by atoms with Gasteiger partial charge in [0.2, 0.25) is 0 Å². The van der Waals surface area contributed by atoms with E-state index in [-0.39, 0.29) is 4.90 Å². The number of rotatable bonds is 6. The molecule has 0 aromatic heterocycles. The highest BCUT2D eigenvalue weighted by Crippen LogP contribution is 2.29. The first kappa shape index (κ1) is 17.8. The molecule has 2 rings (SSSR count). The number of ether oxygens (including phenoxy) is 1. The summed E-state index contributed by atoms with van der Waals surface area (Å²) >= 11 is 3.30. The van der Waals surface area contributed by atoms with E-state index in [1.54, 1.807) is 24.3 Å². The molecule has 0 unspecified atom stereocenters. The van der Waals surface area contributed by atoms with Gasteiger partial charge in [0.1, 0.15) is 10.6 Å². The van der Waals surface area contributed by atoms with Crippen LogP contribution in [-0.4, -0.2) is 15.0 Å². The van der Waals surface area contributed by atoms with Gasteiger partial charge in [-0.05, 0) is 48.7 Å². The fourth-order valence-electron chi connectivity index (χ4n) is 2.11. The van der Waals surface area contributed by atoms with Crippen LogP contribution in [0.15, 0.2) is 51.8 Å². The second-order valence-corrected chi connectivity index (χ2v) is 7.97. The van der Waals surface area contributed by atoms with E-state index in [0.29, 0.717) is 28.4 Å². The zero-order chi connectivity index (χ0) is 17.0. The lowest BCUT2D eigenvalue weighted by Crippen LogP contribution is -2.14. The molecule has 0 saturated heterocycles. The zero-order valence-corrected chi connectivity index (χ0v) is 15.7. The zero-order valence-electron chi connectivity index (χ0n) is 13.3. The van der Waals surface area contributed by atoms with E-state index in [1.807, 2.05) is 19.1 Å². The number of halogens is 1. The largest absolute Gasteiger partial charge is 0.492 e. The fraction of sp³-hybridized carbons (Fsp3) is 0.294. The van der Waals surface area contributed by atoms with Crippen molar-refractivity contribution in [3.8, 4) is 5.75 Å². The summed E-state index contributed by atoms with van der Waals surface area (Å²) in [5.74, 6) is 0.734. The molecular formula is C17H20BrNO3S. The van der Waals surface area contributed by atoms with Crippen LogP contribution < -0.4 is 9.46 Å². The molecule has 0 radical (unpaired) electrons. The molecule has 0 aliphatic carbocycles. The first-order chi connectivity index (χ1) is 10.8. The summed E-state index contributed by atoms with van der Waals surface area (Å²) in [6.45, 7) is 6.40. The molecular weight excluding hydrogens is 378 g/mol. The molecule has 0 amide bonds. The van der Waals surface area contributed by atoms with Crippen LogP contribution in [0.5, 0.6) is 5.75 Å². The van der Waals surface area contributed by atoms with Gasteiger partial charge in [-0.25, -0.2) is 8.42 Å². The third kappa shape index (κ3) is 4.48. The Morgan fingerprint density at radius 3 is 2.35 bits per heavy atom. The van der Waals surface area contributed by atoms with Crippen molar-refractivity contribution in [3.05, 3.63) is 52.5 Å². The number of nitrogens with one attached hydrogen (secondary N) is 1. The molecule has 6 heteroatoms. The number of hydrogen-bond acceptors (Lipinski definition) is 3. The average molecular weight is 398 g/mol. The molecule has 0 saturated carbocycles. The molecule has 1 N–H and O–H groups in total. The Bertz CT molecular complexity index is 771. The number of anilines is 1. The van der Waals surface area contributed by atoms with E-state index in [1.165, 1.54) is 6.07 Å². The third-order valence-corrected chi connectivity index (χ3v) is 5.22. The fourth-order valence-corrected chi connectivity index (χ4v) is 3.86. The molecule has 2 aromatic rings. The van der Waals surface area contributed by atoms with Crippen molar-refractivity contribution >= 4 is 31.6 Å². The summed E-state index contributed by atoms with van der Waals surface area (Å²) in [4.78, 5) is 0.113. The lowest BCUT2D eigenvalue weighted by atomic mass is 10.0. The van der Waals surface area contributed by atoms with Crippen LogP contribution in [0.3, 0.4) is 0 Å². The van der Waals surface area contributed by atoms with Gasteiger partial charge in [0.15, 0.2) is 0 Å². The quantitative estimate of drug-likeness (QED) is 0.763. The first-order valence-corrected chi connectivity index (χ1v) is 9.66. The minimum Gasteiger partial charge on any atom is -0.492 e. The van der Waals surface area contributed by atoms with Gasteiger partial charge >= 0.3 is 0 Å². The lowest BCUT2D eigenvalue weighted by molar-refractivity contribution is 0.331. The number of benzene rings is 2. The first-order valence-electron chi connectivity index (χ1n) is 7.38. The van der Waals surface area contributed by atoms with Gasteiger partial charge in [-0.15, -0.1) is 0 Å². The van der Waals surface area contributed by atoms with E-state index in [4.69, 9.17) is 4.74 Å². The smallest absolute Gasteiger partial charge is 0.265 e. The minimum atomic E-state index is -3.73. The van der Waals surface area contributed by atoms with Crippen molar-refractivity contribution in [1.82, 2.24) is 0 Å².